The van der Waals surface area contributed by atoms with Crippen molar-refractivity contribution in [2.45, 2.75) is 5.88 Å². The number of hydrogen-bond acceptors (Lipinski definition) is 3. The van der Waals surface area contributed by atoms with Crippen LogP contribution in [0.25, 0.3) is 10.1 Å². The fourth-order valence-corrected chi connectivity index (χ4v) is 2.37. The molecular formula is C9H8ClNOS. The standard InChI is InChI=1S/C9H8ClNOS/c10-5-8-4-6-3-7(11-12)1-2-9(6)13-8/h1-4,11-12H,5H2. The van der Waals surface area contributed by atoms with E-state index in [0.29, 0.717) is 11.6 Å². The van der Waals surface area contributed by atoms with Gasteiger partial charge in [-0.15, -0.1) is 22.9 Å². The van der Waals surface area contributed by atoms with E-state index in [9.17, 15) is 0 Å². The summed E-state index contributed by atoms with van der Waals surface area (Å²) in [6.07, 6.45) is 0. The molecule has 1 aromatic carbocycles. The molecule has 2 nitrogen and oxygen atoms in total. The van der Waals surface area contributed by atoms with Crippen molar-refractivity contribution in [3.05, 3.63) is 29.1 Å². The normalized spacial score (nSPS) is 10.6. The van der Waals surface area contributed by atoms with Gasteiger partial charge in [-0.2, -0.15) is 0 Å². The van der Waals surface area contributed by atoms with Gasteiger partial charge >= 0.3 is 0 Å². The van der Waals surface area contributed by atoms with Crippen molar-refractivity contribution in [3.8, 4) is 0 Å². The maximum absolute atomic E-state index is 8.69. The number of fused-ring (bicyclic) bond motifs is 1. The third-order valence-electron chi connectivity index (χ3n) is 1.83. The fourth-order valence-electron chi connectivity index (χ4n) is 1.23. The molecule has 2 aromatic rings. The van der Waals surface area contributed by atoms with Crippen molar-refractivity contribution >= 4 is 38.7 Å². The van der Waals surface area contributed by atoms with E-state index in [-0.39, 0.29) is 0 Å². The zero-order chi connectivity index (χ0) is 9.26. The van der Waals surface area contributed by atoms with Crippen LogP contribution < -0.4 is 5.48 Å². The van der Waals surface area contributed by atoms with E-state index >= 15 is 0 Å². The first-order valence-corrected chi connectivity index (χ1v) is 5.17. The van der Waals surface area contributed by atoms with E-state index in [1.807, 2.05) is 24.3 Å². The van der Waals surface area contributed by atoms with E-state index in [1.165, 1.54) is 4.70 Å². The van der Waals surface area contributed by atoms with E-state index in [2.05, 4.69) is 5.48 Å². The first-order chi connectivity index (χ1) is 6.33. The first-order valence-electron chi connectivity index (χ1n) is 3.82. The van der Waals surface area contributed by atoms with Crippen molar-refractivity contribution < 1.29 is 5.21 Å². The van der Waals surface area contributed by atoms with Crippen LogP contribution in [-0.4, -0.2) is 5.21 Å². The van der Waals surface area contributed by atoms with Crippen LogP contribution in [0.5, 0.6) is 0 Å². The number of halogens is 1. The fraction of sp³-hybridized carbons (Fsp3) is 0.111. The SMILES string of the molecule is ONc1ccc2sc(CCl)cc2c1. The van der Waals surface area contributed by atoms with Crippen LogP contribution in [0.1, 0.15) is 4.88 Å². The molecule has 0 bridgehead atoms. The van der Waals surface area contributed by atoms with Crippen LogP contribution in [0.2, 0.25) is 0 Å². The molecule has 0 aliphatic heterocycles. The summed E-state index contributed by atoms with van der Waals surface area (Å²) in [4.78, 5) is 1.15. The Hall–Kier alpha value is -0.770. The second kappa shape index (κ2) is 3.54. The van der Waals surface area contributed by atoms with E-state index in [1.54, 1.807) is 11.3 Å². The highest BCUT2D eigenvalue weighted by Crippen LogP contribution is 2.28. The quantitative estimate of drug-likeness (QED) is 0.592. The third kappa shape index (κ3) is 1.63. The average molecular weight is 214 g/mol. The largest absolute Gasteiger partial charge is 0.291 e. The Bertz CT molecular complexity index is 424. The van der Waals surface area contributed by atoms with Gasteiger partial charge in [-0.3, -0.25) is 10.7 Å². The molecular weight excluding hydrogens is 206 g/mol. The zero-order valence-corrected chi connectivity index (χ0v) is 8.32. The van der Waals surface area contributed by atoms with E-state index < -0.39 is 0 Å². The number of benzene rings is 1. The minimum atomic E-state index is 0.543. The smallest absolute Gasteiger partial charge is 0.0609 e. The summed E-state index contributed by atoms with van der Waals surface area (Å²) < 4.78 is 1.19. The summed E-state index contributed by atoms with van der Waals surface area (Å²) >= 11 is 7.39. The van der Waals surface area contributed by atoms with E-state index in [0.717, 1.165) is 10.3 Å². The molecule has 0 fully saturated rings. The van der Waals surface area contributed by atoms with Crippen molar-refractivity contribution in [2.75, 3.05) is 5.48 Å². The highest BCUT2D eigenvalue weighted by molar-refractivity contribution is 7.19. The Morgan fingerprint density at radius 2 is 2.23 bits per heavy atom. The summed E-state index contributed by atoms with van der Waals surface area (Å²) in [5, 5.41) is 9.80. The maximum Gasteiger partial charge on any atom is 0.0609 e. The molecule has 0 atom stereocenters. The molecule has 0 unspecified atom stereocenters. The van der Waals surface area contributed by atoms with Crippen LogP contribution in [-0.2, 0) is 5.88 Å². The van der Waals surface area contributed by atoms with Crippen molar-refractivity contribution in [1.82, 2.24) is 0 Å². The number of hydrogen-bond donors (Lipinski definition) is 2. The highest BCUT2D eigenvalue weighted by atomic mass is 35.5. The van der Waals surface area contributed by atoms with Gasteiger partial charge in [0.1, 0.15) is 0 Å². The van der Waals surface area contributed by atoms with E-state index in [4.69, 9.17) is 16.8 Å². The molecule has 0 aliphatic rings. The van der Waals surface area contributed by atoms with Crippen LogP contribution in [0, 0.1) is 0 Å². The lowest BCUT2D eigenvalue weighted by Gasteiger charge is -1.96. The summed E-state index contributed by atoms with van der Waals surface area (Å²) in [5.41, 5.74) is 2.82. The van der Waals surface area contributed by atoms with Crippen LogP contribution in [0.4, 0.5) is 5.69 Å². The van der Waals surface area contributed by atoms with Gasteiger partial charge in [0.05, 0.1) is 11.6 Å². The van der Waals surface area contributed by atoms with Crippen molar-refractivity contribution in [3.63, 3.8) is 0 Å². The first kappa shape index (κ1) is 8.81. The molecule has 1 aromatic heterocycles. The molecule has 2 rings (SSSR count). The number of rotatable bonds is 2. The molecule has 0 amide bonds. The van der Waals surface area contributed by atoms with Crippen molar-refractivity contribution in [1.29, 1.82) is 0 Å². The van der Waals surface area contributed by atoms with Crippen LogP contribution in [0.15, 0.2) is 24.3 Å². The lowest BCUT2D eigenvalue weighted by Crippen LogP contribution is -1.86. The van der Waals surface area contributed by atoms with Crippen LogP contribution in [0.3, 0.4) is 0 Å². The van der Waals surface area contributed by atoms with Gasteiger partial charge in [0.15, 0.2) is 0 Å². The zero-order valence-electron chi connectivity index (χ0n) is 6.75. The maximum atomic E-state index is 8.69. The van der Waals surface area contributed by atoms with Crippen LogP contribution >= 0.6 is 22.9 Å². The molecule has 13 heavy (non-hydrogen) atoms. The van der Waals surface area contributed by atoms with Crippen molar-refractivity contribution in [2.24, 2.45) is 0 Å². The molecule has 1 heterocycles. The molecule has 0 aliphatic carbocycles. The average Bonchev–Trinajstić information content (AvgIpc) is 2.58. The summed E-state index contributed by atoms with van der Waals surface area (Å²) in [7, 11) is 0. The Balaban J connectivity index is 2.57. The Morgan fingerprint density at radius 3 is 2.92 bits per heavy atom. The van der Waals surface area contributed by atoms with Gasteiger partial charge in [-0.1, -0.05) is 0 Å². The molecule has 68 valence electrons. The molecule has 2 N–H and O–H groups in total. The van der Waals surface area contributed by atoms with Gasteiger partial charge < -0.3 is 0 Å². The molecule has 0 radical (unpaired) electrons. The second-order valence-corrected chi connectivity index (χ2v) is 4.15. The topological polar surface area (TPSA) is 32.3 Å². The van der Waals surface area contributed by atoms with Gasteiger partial charge in [0, 0.05) is 9.58 Å². The minimum absolute atomic E-state index is 0.543. The molecule has 0 spiro atoms. The van der Waals surface area contributed by atoms with Gasteiger partial charge in [-0.05, 0) is 29.7 Å². The molecule has 0 saturated carbocycles. The minimum Gasteiger partial charge on any atom is -0.291 e. The van der Waals surface area contributed by atoms with Gasteiger partial charge in [-0.25, -0.2) is 0 Å². The summed E-state index contributed by atoms with van der Waals surface area (Å²) in [6.45, 7) is 0. The second-order valence-electron chi connectivity index (χ2n) is 2.71. The van der Waals surface area contributed by atoms with Gasteiger partial charge in [0.2, 0.25) is 0 Å². The Kier molecular flexibility index (Phi) is 2.40. The van der Waals surface area contributed by atoms with Gasteiger partial charge in [0.25, 0.3) is 0 Å². The predicted octanol–water partition coefficient (Wildman–Crippen LogP) is 3.44. The third-order valence-corrected chi connectivity index (χ3v) is 3.39. The number of anilines is 1. The number of thiophene rings is 1. The lowest BCUT2D eigenvalue weighted by molar-refractivity contribution is 0.389. The number of nitrogens with one attached hydrogen (secondary N) is 1. The highest BCUT2D eigenvalue weighted by Gasteiger charge is 2.01. The molecule has 4 heteroatoms. The number of alkyl halides is 1. The Labute approximate surface area is 84.7 Å². The Morgan fingerprint density at radius 1 is 1.38 bits per heavy atom. The molecule has 0 saturated heterocycles. The predicted molar refractivity (Wildman–Crippen MR) is 56.8 cm³/mol. The summed E-state index contributed by atoms with van der Waals surface area (Å²) in [5.74, 6) is 0.543. The monoisotopic (exact) mass is 213 g/mol. The lowest BCUT2D eigenvalue weighted by atomic mass is 10.2. The summed E-state index contributed by atoms with van der Waals surface area (Å²) in [6, 6.07) is 7.72.